The van der Waals surface area contributed by atoms with Crippen molar-refractivity contribution in [2.75, 3.05) is 20.1 Å². The number of nitrogens with zero attached hydrogens (tertiary/aromatic N) is 1. The van der Waals surface area contributed by atoms with E-state index in [0.29, 0.717) is 6.54 Å². The highest BCUT2D eigenvalue weighted by Crippen LogP contribution is 2.45. The molecule has 1 heterocycles. The van der Waals surface area contributed by atoms with Gasteiger partial charge in [-0.05, 0) is 19.5 Å². The number of carbonyl (C=O) groups excluding carboxylic acids is 1. The summed E-state index contributed by atoms with van der Waals surface area (Å²) in [5.74, 6) is 0.229. The third-order valence-electron chi connectivity index (χ3n) is 3.28. The summed E-state index contributed by atoms with van der Waals surface area (Å²) < 4.78 is 0. The van der Waals surface area contributed by atoms with Crippen molar-refractivity contribution in [3.8, 4) is 0 Å². The van der Waals surface area contributed by atoms with Crippen molar-refractivity contribution in [3.63, 3.8) is 0 Å². The second-order valence-corrected chi connectivity index (χ2v) is 6.24. The van der Waals surface area contributed by atoms with Crippen LogP contribution in [-0.4, -0.2) is 36.2 Å². The van der Waals surface area contributed by atoms with E-state index >= 15 is 0 Å². The van der Waals surface area contributed by atoms with Gasteiger partial charge in [0.2, 0.25) is 5.91 Å². The minimum atomic E-state index is 0.0412. The smallest absolute Gasteiger partial charge is 0.236 e. The van der Waals surface area contributed by atoms with Crippen LogP contribution in [0.25, 0.3) is 0 Å². The van der Waals surface area contributed by atoms with Gasteiger partial charge >= 0.3 is 0 Å². The van der Waals surface area contributed by atoms with Crippen LogP contribution in [-0.2, 0) is 4.79 Å². The molecule has 2 atom stereocenters. The van der Waals surface area contributed by atoms with E-state index in [0.717, 1.165) is 23.6 Å². The predicted octanol–water partition coefficient (Wildman–Crippen LogP) is 2.91. The molecule has 1 aromatic carbocycles. The van der Waals surface area contributed by atoms with Gasteiger partial charge in [-0.2, -0.15) is 0 Å². The fourth-order valence-corrected chi connectivity index (χ4v) is 4.00. The van der Waals surface area contributed by atoms with E-state index in [-0.39, 0.29) is 16.5 Å². The number of hydrogen-bond donors (Lipinski definition) is 1. The summed E-state index contributed by atoms with van der Waals surface area (Å²) in [4.78, 5) is 14.3. The first-order valence-corrected chi connectivity index (χ1v) is 7.86. The van der Waals surface area contributed by atoms with E-state index in [2.05, 4.69) is 12.2 Å². The lowest BCUT2D eigenvalue weighted by atomic mass is 10.2. The van der Waals surface area contributed by atoms with E-state index in [4.69, 9.17) is 11.6 Å². The molecule has 1 aliphatic heterocycles. The third kappa shape index (κ3) is 3.07. The van der Waals surface area contributed by atoms with Gasteiger partial charge in [-0.15, -0.1) is 11.8 Å². The predicted molar refractivity (Wildman–Crippen MR) is 81.5 cm³/mol. The average Bonchev–Trinajstić information content (AvgIpc) is 2.73. The molecular weight excluding hydrogens is 280 g/mol. The molecule has 0 unspecified atom stereocenters. The highest BCUT2D eigenvalue weighted by Gasteiger charge is 2.40. The van der Waals surface area contributed by atoms with Gasteiger partial charge in [-0.3, -0.25) is 4.79 Å². The first-order valence-electron chi connectivity index (χ1n) is 6.54. The second-order valence-electron chi connectivity index (χ2n) is 4.54. The number of nitrogens with one attached hydrogen (secondary N) is 1. The summed E-state index contributed by atoms with van der Waals surface area (Å²) in [6.45, 7) is 3.57. The van der Waals surface area contributed by atoms with Crippen LogP contribution in [0.5, 0.6) is 0 Å². The molecule has 1 amide bonds. The van der Waals surface area contributed by atoms with Crippen molar-refractivity contribution in [1.82, 2.24) is 10.2 Å². The summed E-state index contributed by atoms with van der Waals surface area (Å²) in [6, 6.07) is 7.79. The zero-order valence-electron chi connectivity index (χ0n) is 11.2. The quantitative estimate of drug-likeness (QED) is 0.907. The van der Waals surface area contributed by atoms with Crippen LogP contribution < -0.4 is 5.32 Å². The van der Waals surface area contributed by atoms with E-state index in [1.807, 2.05) is 36.2 Å². The third-order valence-corrected chi connectivity index (χ3v) is 5.25. The SMILES string of the molecule is CC[C@H]1S[C@H](c2ccccc2Cl)N(CCNC)C1=O. The molecule has 1 fully saturated rings. The molecule has 5 heteroatoms. The van der Waals surface area contributed by atoms with Crippen LogP contribution in [0.4, 0.5) is 0 Å². The standard InChI is InChI=1S/C14H19ClN2OS/c1-3-12-13(18)17(9-8-16-2)14(19-12)10-6-4-5-7-11(10)15/h4-7,12,14,16H,3,8-9H2,1-2H3/t12-,14-/m1/s1. The lowest BCUT2D eigenvalue weighted by Gasteiger charge is -2.24. The molecule has 3 nitrogen and oxygen atoms in total. The molecule has 1 saturated heterocycles. The molecule has 19 heavy (non-hydrogen) atoms. The fourth-order valence-electron chi connectivity index (χ4n) is 2.23. The number of carbonyl (C=O) groups is 1. The van der Waals surface area contributed by atoms with Crippen molar-refractivity contribution in [1.29, 1.82) is 0 Å². The Kier molecular flexibility index (Phi) is 5.13. The first kappa shape index (κ1) is 14.7. The average molecular weight is 299 g/mol. The second kappa shape index (κ2) is 6.64. The maximum Gasteiger partial charge on any atom is 0.236 e. The van der Waals surface area contributed by atoms with Crippen molar-refractivity contribution in [3.05, 3.63) is 34.9 Å². The molecule has 0 radical (unpaired) electrons. The summed E-state index contributed by atoms with van der Waals surface area (Å²) >= 11 is 7.98. The Hall–Kier alpha value is -0.710. The Morgan fingerprint density at radius 3 is 2.79 bits per heavy atom. The lowest BCUT2D eigenvalue weighted by Crippen LogP contribution is -2.35. The molecule has 1 aromatic rings. The number of thioether (sulfide) groups is 1. The van der Waals surface area contributed by atoms with Crippen LogP contribution >= 0.6 is 23.4 Å². The Morgan fingerprint density at radius 2 is 2.16 bits per heavy atom. The zero-order valence-corrected chi connectivity index (χ0v) is 12.8. The number of likely N-dealkylation sites (N-methyl/N-ethyl adjacent to an activating group) is 1. The molecule has 0 aromatic heterocycles. The highest BCUT2D eigenvalue weighted by atomic mass is 35.5. The van der Waals surface area contributed by atoms with Gasteiger partial charge in [-0.1, -0.05) is 36.7 Å². The maximum absolute atomic E-state index is 12.4. The molecule has 2 rings (SSSR count). The van der Waals surface area contributed by atoms with Crippen LogP contribution in [0.2, 0.25) is 5.02 Å². The molecule has 104 valence electrons. The van der Waals surface area contributed by atoms with Crippen molar-refractivity contribution < 1.29 is 4.79 Å². The Morgan fingerprint density at radius 1 is 1.42 bits per heavy atom. The van der Waals surface area contributed by atoms with Gasteiger partial charge < -0.3 is 10.2 Å². The lowest BCUT2D eigenvalue weighted by molar-refractivity contribution is -0.130. The van der Waals surface area contributed by atoms with Crippen LogP contribution in [0.15, 0.2) is 24.3 Å². The summed E-state index contributed by atoms with van der Waals surface area (Å²) in [5.41, 5.74) is 1.04. The minimum absolute atomic E-state index is 0.0412. The molecule has 0 bridgehead atoms. The van der Waals surface area contributed by atoms with Crippen LogP contribution in [0, 0.1) is 0 Å². The van der Waals surface area contributed by atoms with Crippen LogP contribution in [0.1, 0.15) is 24.3 Å². The summed E-state index contributed by atoms with van der Waals surface area (Å²) in [7, 11) is 1.90. The van der Waals surface area contributed by atoms with Crippen molar-refractivity contribution in [2.24, 2.45) is 0 Å². The van der Waals surface area contributed by atoms with E-state index in [9.17, 15) is 4.79 Å². The monoisotopic (exact) mass is 298 g/mol. The van der Waals surface area contributed by atoms with Gasteiger partial charge in [0.15, 0.2) is 0 Å². The number of benzene rings is 1. The zero-order chi connectivity index (χ0) is 13.8. The summed E-state index contributed by atoms with van der Waals surface area (Å²) in [6.07, 6.45) is 0.862. The van der Waals surface area contributed by atoms with Gasteiger partial charge in [0.25, 0.3) is 0 Å². The maximum atomic E-state index is 12.4. The normalized spacial score (nSPS) is 23.1. The van der Waals surface area contributed by atoms with Gasteiger partial charge in [0, 0.05) is 23.7 Å². The molecule has 1 N–H and O–H groups in total. The highest BCUT2D eigenvalue weighted by molar-refractivity contribution is 8.01. The fraction of sp³-hybridized carbons (Fsp3) is 0.500. The van der Waals surface area contributed by atoms with E-state index < -0.39 is 0 Å². The number of rotatable bonds is 5. The van der Waals surface area contributed by atoms with Gasteiger partial charge in [0.05, 0.1) is 5.25 Å². The molecule has 0 saturated carbocycles. The van der Waals surface area contributed by atoms with Gasteiger partial charge in [0.1, 0.15) is 5.37 Å². The largest absolute Gasteiger partial charge is 0.324 e. The molecule has 0 spiro atoms. The Labute approximate surface area is 123 Å². The van der Waals surface area contributed by atoms with E-state index in [1.54, 1.807) is 11.8 Å². The summed E-state index contributed by atoms with van der Waals surface area (Å²) in [5, 5.41) is 3.93. The Bertz CT molecular complexity index is 455. The van der Waals surface area contributed by atoms with Crippen LogP contribution in [0.3, 0.4) is 0 Å². The van der Waals surface area contributed by atoms with Crippen molar-refractivity contribution >= 4 is 29.3 Å². The Balaban J connectivity index is 2.26. The number of halogens is 1. The molecular formula is C14H19ClN2OS. The minimum Gasteiger partial charge on any atom is -0.324 e. The van der Waals surface area contributed by atoms with Crippen molar-refractivity contribution in [2.45, 2.75) is 24.0 Å². The number of amides is 1. The topological polar surface area (TPSA) is 32.3 Å². The molecule has 0 aliphatic carbocycles. The van der Waals surface area contributed by atoms with Gasteiger partial charge in [-0.25, -0.2) is 0 Å². The molecule has 1 aliphatic rings. The van der Waals surface area contributed by atoms with E-state index in [1.165, 1.54) is 0 Å². The first-order chi connectivity index (χ1) is 9.19. The number of hydrogen-bond acceptors (Lipinski definition) is 3.